The highest BCUT2D eigenvalue weighted by Gasteiger charge is 2.53. The van der Waals surface area contributed by atoms with E-state index < -0.39 is 0 Å². The van der Waals surface area contributed by atoms with Crippen molar-refractivity contribution in [2.24, 2.45) is 17.8 Å². The van der Waals surface area contributed by atoms with E-state index in [4.69, 9.17) is 20.4 Å². The Labute approximate surface area is 370 Å². The number of benzene rings is 2. The molecule has 2 amide bonds. The van der Waals surface area contributed by atoms with Crippen LogP contribution in [0.4, 0.5) is 17.2 Å². The fourth-order valence-corrected chi connectivity index (χ4v) is 13.0. The summed E-state index contributed by atoms with van der Waals surface area (Å²) in [7, 11) is 0. The molecule has 3 aliphatic carbocycles. The molecule has 7 fully saturated rings. The van der Waals surface area contributed by atoms with Crippen LogP contribution >= 0.6 is 0 Å². The molecule has 63 heavy (non-hydrogen) atoms. The van der Waals surface area contributed by atoms with Gasteiger partial charge in [-0.15, -0.1) is 10.2 Å². The third kappa shape index (κ3) is 7.57. The van der Waals surface area contributed by atoms with Crippen molar-refractivity contribution in [3.05, 3.63) is 77.9 Å². The number of nitrogen functional groups attached to an aromatic ring is 1. The van der Waals surface area contributed by atoms with E-state index in [2.05, 4.69) is 60.7 Å². The third-order valence-electron chi connectivity index (χ3n) is 16.5. The monoisotopic (exact) mass is 851 g/mol. The van der Waals surface area contributed by atoms with Gasteiger partial charge in [-0.1, -0.05) is 24.3 Å². The molecule has 8 aliphatic rings. The molecule has 7 heterocycles. The molecule has 4 saturated heterocycles. The molecule has 4 N–H and O–H groups in total. The smallest absolute Gasteiger partial charge is 0.249 e. The van der Waals surface area contributed by atoms with Gasteiger partial charge >= 0.3 is 0 Å². The van der Waals surface area contributed by atoms with Crippen LogP contribution in [-0.2, 0) is 15.0 Å². The van der Waals surface area contributed by atoms with E-state index in [0.29, 0.717) is 78.7 Å². The number of likely N-dealkylation sites (tertiary alicyclic amines) is 1. The van der Waals surface area contributed by atoms with Gasteiger partial charge < -0.3 is 30.3 Å². The summed E-state index contributed by atoms with van der Waals surface area (Å²) >= 11 is 0. The number of carbonyl (C=O) groups is 2. The van der Waals surface area contributed by atoms with E-state index in [-0.39, 0.29) is 29.0 Å². The molecule has 3 saturated carbocycles. The Morgan fingerprint density at radius 2 is 1.67 bits per heavy atom. The number of aromatic hydroxyl groups is 1. The number of amides is 2. The molecule has 13 heteroatoms. The second kappa shape index (κ2) is 16.7. The molecule has 5 aliphatic heterocycles. The Hall–Kier alpha value is -5.30. The van der Waals surface area contributed by atoms with Gasteiger partial charge in [0.1, 0.15) is 30.0 Å². The number of nitrogens with zero attached hydrogens (tertiary/aromatic N) is 7. The molecule has 0 spiro atoms. The Bertz CT molecular complexity index is 2360. The minimum atomic E-state index is -0.332. The summed E-state index contributed by atoms with van der Waals surface area (Å²) in [5.41, 5.74) is 12.3. The first-order valence-electron chi connectivity index (χ1n) is 23.9. The Morgan fingerprint density at radius 3 is 2.49 bits per heavy atom. The molecule has 13 nitrogen and oxygen atoms in total. The Morgan fingerprint density at radius 1 is 0.825 bits per heavy atom. The number of hydrogen-bond donors (Lipinski definition) is 3. The van der Waals surface area contributed by atoms with E-state index in [1.54, 1.807) is 6.07 Å². The fourth-order valence-electron chi connectivity index (χ4n) is 13.0. The summed E-state index contributed by atoms with van der Waals surface area (Å²) in [6.07, 6.45) is 17.0. The van der Waals surface area contributed by atoms with E-state index in [0.717, 1.165) is 74.8 Å². The normalized spacial score (nSPS) is 30.2. The topological polar surface area (TPSA) is 163 Å². The number of piperidine rings is 2. The minimum absolute atomic E-state index is 0.0718. The molecule has 2 unspecified atom stereocenters. The van der Waals surface area contributed by atoms with Gasteiger partial charge in [0.15, 0.2) is 5.82 Å². The zero-order chi connectivity index (χ0) is 42.7. The van der Waals surface area contributed by atoms with Crippen LogP contribution in [0.1, 0.15) is 119 Å². The van der Waals surface area contributed by atoms with Crippen molar-refractivity contribution in [2.45, 2.75) is 119 Å². The van der Waals surface area contributed by atoms with Crippen LogP contribution in [0.3, 0.4) is 0 Å². The number of rotatable bonds is 7. The quantitative estimate of drug-likeness (QED) is 0.162. The van der Waals surface area contributed by atoms with Gasteiger partial charge in [0.25, 0.3) is 0 Å². The lowest BCUT2D eigenvalue weighted by Crippen LogP contribution is -2.54. The van der Waals surface area contributed by atoms with Crippen molar-refractivity contribution < 1.29 is 19.4 Å². The second-order valence-corrected chi connectivity index (χ2v) is 19.9. The van der Waals surface area contributed by atoms with Crippen LogP contribution in [0.25, 0.3) is 11.3 Å². The average Bonchev–Trinajstić information content (AvgIpc) is 3.72. The standard InChI is InChI=1S/C50H61N9O4/c51-47-43(28-40(55-56-47)38-4-1-2-7-44(38)60)58-21-16-31-14-19-50(29-31,35-26-32(27-35)30-58)49-52-20-15-39(53-49)34-8-10-36(11-9-34)57-22-17-33(18-23-57)37-5-3-6-41-46(37)63-25-24-59(41)42-12-13-45(61)54-48(42)62/h1-7,15,20,28,31-36,42,60H,8-14,16-19,21-27,29-30H2,(H2,51,56)(H,54,61,62)/t31-,32?,34?,35?,36?,42?,50?/m1/s1. The van der Waals surface area contributed by atoms with Gasteiger partial charge in [0, 0.05) is 54.3 Å². The number of phenols is 1. The van der Waals surface area contributed by atoms with E-state index in [9.17, 15) is 14.7 Å². The molecule has 2 aromatic carbocycles. The number of anilines is 3. The molecule has 2 aromatic heterocycles. The van der Waals surface area contributed by atoms with Gasteiger partial charge in [0.2, 0.25) is 11.8 Å². The number of hydrogen-bond acceptors (Lipinski definition) is 12. The van der Waals surface area contributed by atoms with E-state index in [1.807, 2.05) is 24.3 Å². The molecule has 3 atom stereocenters. The summed E-state index contributed by atoms with van der Waals surface area (Å²) in [6, 6.07) is 18.2. The summed E-state index contributed by atoms with van der Waals surface area (Å²) < 4.78 is 6.34. The van der Waals surface area contributed by atoms with E-state index >= 15 is 0 Å². The van der Waals surface area contributed by atoms with Crippen molar-refractivity contribution in [1.29, 1.82) is 0 Å². The molecule has 330 valence electrons. The predicted octanol–water partition coefficient (Wildman–Crippen LogP) is 7.11. The summed E-state index contributed by atoms with van der Waals surface area (Å²) in [5, 5.41) is 21.8. The average molecular weight is 852 g/mol. The maximum absolute atomic E-state index is 12.8. The Balaban J connectivity index is 0.715. The fraction of sp³-hybridized carbons (Fsp3) is 0.560. The summed E-state index contributed by atoms with van der Waals surface area (Å²) in [6.45, 7) is 5.25. The lowest BCUT2D eigenvalue weighted by Gasteiger charge is -2.49. The number of ether oxygens (including phenoxy) is 1. The van der Waals surface area contributed by atoms with Crippen LogP contribution in [0, 0.1) is 17.8 Å². The van der Waals surface area contributed by atoms with Crippen molar-refractivity contribution in [3.63, 3.8) is 0 Å². The maximum atomic E-state index is 12.8. The van der Waals surface area contributed by atoms with Crippen molar-refractivity contribution in [3.8, 4) is 22.8 Å². The SMILES string of the molecule is Nc1nnc(-c2ccccc2O)cc1N1CC[C@H]2CCC(c3nccc(C4CCC(N5CCC(c6cccc7c6OCCN7C6CCC(=O)NC6=O)CC5)CC4)n3)(C2)C2CC(C2)C1. The predicted molar refractivity (Wildman–Crippen MR) is 242 cm³/mol. The molecule has 4 aromatic rings. The van der Waals surface area contributed by atoms with Crippen LogP contribution in [0.5, 0.6) is 11.5 Å². The van der Waals surface area contributed by atoms with Gasteiger partial charge in [0.05, 0.1) is 23.6 Å². The van der Waals surface area contributed by atoms with Crippen molar-refractivity contribution >= 4 is 29.0 Å². The summed E-state index contributed by atoms with van der Waals surface area (Å²) in [4.78, 5) is 42.7. The third-order valence-corrected chi connectivity index (χ3v) is 16.5. The number of para-hydroxylation sites is 2. The highest BCUT2D eigenvalue weighted by molar-refractivity contribution is 6.02. The first kappa shape index (κ1) is 40.5. The van der Waals surface area contributed by atoms with Crippen LogP contribution < -0.4 is 25.6 Å². The number of carbonyl (C=O) groups excluding carboxylic acids is 2. The summed E-state index contributed by atoms with van der Waals surface area (Å²) in [5.74, 6) is 5.03. The van der Waals surface area contributed by atoms with Crippen LogP contribution in [0.15, 0.2) is 60.8 Å². The van der Waals surface area contributed by atoms with Crippen molar-refractivity contribution in [1.82, 2.24) is 30.4 Å². The van der Waals surface area contributed by atoms with Gasteiger partial charge in [-0.3, -0.25) is 14.9 Å². The van der Waals surface area contributed by atoms with Crippen molar-refractivity contribution in [2.75, 3.05) is 54.9 Å². The highest BCUT2D eigenvalue weighted by atomic mass is 16.5. The zero-order valence-electron chi connectivity index (χ0n) is 36.3. The molecular formula is C50H61N9O4. The number of nitrogens with two attached hydrogens (primary N) is 1. The van der Waals surface area contributed by atoms with Crippen LogP contribution in [-0.4, -0.2) is 93.4 Å². The zero-order valence-corrected chi connectivity index (χ0v) is 36.3. The highest BCUT2D eigenvalue weighted by Crippen LogP contribution is 2.58. The van der Waals surface area contributed by atoms with Crippen LogP contribution in [0.2, 0.25) is 0 Å². The second-order valence-electron chi connectivity index (χ2n) is 19.9. The lowest BCUT2D eigenvalue weighted by atomic mass is 9.58. The number of aromatic nitrogens is 4. The number of nitrogens with one attached hydrogen (secondary N) is 1. The first-order chi connectivity index (χ1) is 30.8. The van der Waals surface area contributed by atoms with E-state index in [1.165, 1.54) is 62.6 Å². The van der Waals surface area contributed by atoms with Gasteiger partial charge in [-0.25, -0.2) is 9.97 Å². The number of imide groups is 1. The molecule has 12 rings (SSSR count). The first-order valence-corrected chi connectivity index (χ1v) is 23.9. The largest absolute Gasteiger partial charge is 0.507 e. The lowest BCUT2D eigenvalue weighted by molar-refractivity contribution is -0.134. The maximum Gasteiger partial charge on any atom is 0.249 e. The molecule has 4 bridgehead atoms. The Kier molecular flexibility index (Phi) is 10.7. The number of fused-ring (bicyclic) bond motifs is 4. The minimum Gasteiger partial charge on any atom is -0.507 e. The number of phenolic OH excluding ortho intramolecular Hbond substituents is 1. The molecule has 0 radical (unpaired) electrons. The molecular weight excluding hydrogens is 791 g/mol. The van der Waals surface area contributed by atoms with Gasteiger partial charge in [-0.2, -0.15) is 0 Å². The van der Waals surface area contributed by atoms with Gasteiger partial charge in [-0.05, 0) is 156 Å².